The van der Waals surface area contributed by atoms with Gasteiger partial charge in [-0.05, 0) is 13.8 Å². The second-order valence-corrected chi connectivity index (χ2v) is 3.88. The number of rotatable bonds is 5. The molecule has 18 heavy (non-hydrogen) atoms. The van der Waals surface area contributed by atoms with E-state index in [-0.39, 0.29) is 30.0 Å². The quantitative estimate of drug-likeness (QED) is 0.541. The van der Waals surface area contributed by atoms with E-state index in [1.165, 1.54) is 4.90 Å². The van der Waals surface area contributed by atoms with Crippen LogP contribution >= 0.6 is 0 Å². The summed E-state index contributed by atoms with van der Waals surface area (Å²) in [5.74, 6) is -0.734. The van der Waals surface area contributed by atoms with Gasteiger partial charge in [0.05, 0.1) is 11.5 Å². The second kappa shape index (κ2) is 5.25. The van der Waals surface area contributed by atoms with Crippen LogP contribution in [0.15, 0.2) is 6.20 Å². The largest absolute Gasteiger partial charge is 0.368 e. The lowest BCUT2D eigenvalue weighted by Crippen LogP contribution is -2.39. The van der Waals surface area contributed by atoms with Crippen molar-refractivity contribution in [2.24, 2.45) is 5.73 Å². The minimum atomic E-state index is -0.634. The number of nitrogens with zero attached hydrogens (tertiary/aromatic N) is 4. The van der Waals surface area contributed by atoms with Gasteiger partial charge in [-0.2, -0.15) is 4.98 Å². The molecule has 98 valence electrons. The maximum Gasteiger partial charge on any atom is 0.329 e. The van der Waals surface area contributed by atoms with Crippen LogP contribution in [0, 0.1) is 10.1 Å². The summed E-state index contributed by atoms with van der Waals surface area (Å²) in [6.45, 7) is 3.32. The Bertz CT molecular complexity index is 475. The molecule has 0 aliphatic carbocycles. The van der Waals surface area contributed by atoms with Crippen molar-refractivity contribution < 1.29 is 9.72 Å². The fourth-order valence-corrected chi connectivity index (χ4v) is 1.39. The predicted molar refractivity (Wildman–Crippen MR) is 64.8 cm³/mol. The van der Waals surface area contributed by atoms with Crippen LogP contribution in [-0.2, 0) is 4.79 Å². The number of anilines is 2. The van der Waals surface area contributed by atoms with Crippen molar-refractivity contribution >= 4 is 23.4 Å². The van der Waals surface area contributed by atoms with Gasteiger partial charge in [0.15, 0.2) is 0 Å². The molecular weight excluding hydrogens is 240 g/mol. The Morgan fingerprint density at radius 2 is 2.22 bits per heavy atom. The van der Waals surface area contributed by atoms with Crippen LogP contribution in [-0.4, -0.2) is 33.4 Å². The van der Waals surface area contributed by atoms with E-state index in [1.54, 1.807) is 13.8 Å². The van der Waals surface area contributed by atoms with Crippen LogP contribution in [0.4, 0.5) is 17.5 Å². The molecule has 0 saturated carbocycles. The number of aromatic nitrogens is 2. The molecule has 0 unspecified atom stereocenters. The molecule has 0 radical (unpaired) electrons. The molecule has 0 aliphatic heterocycles. The third-order valence-corrected chi connectivity index (χ3v) is 2.19. The fraction of sp³-hybridized carbons (Fsp3) is 0.444. The van der Waals surface area contributed by atoms with E-state index in [1.807, 2.05) is 0 Å². The van der Waals surface area contributed by atoms with Gasteiger partial charge in [0.25, 0.3) is 0 Å². The average Bonchev–Trinajstić information content (AvgIpc) is 2.24. The highest BCUT2D eigenvalue weighted by Crippen LogP contribution is 2.26. The summed E-state index contributed by atoms with van der Waals surface area (Å²) >= 11 is 0. The van der Waals surface area contributed by atoms with Gasteiger partial charge in [0.1, 0.15) is 6.20 Å². The molecule has 0 spiro atoms. The molecule has 1 amide bonds. The lowest BCUT2D eigenvalue weighted by molar-refractivity contribution is -0.384. The Balaban J connectivity index is 3.29. The van der Waals surface area contributed by atoms with Crippen molar-refractivity contribution in [1.82, 2.24) is 9.97 Å². The zero-order chi connectivity index (χ0) is 13.9. The van der Waals surface area contributed by atoms with Crippen molar-refractivity contribution in [3.8, 4) is 0 Å². The molecule has 0 aliphatic rings. The van der Waals surface area contributed by atoms with Crippen molar-refractivity contribution in [3.05, 3.63) is 16.3 Å². The maximum atomic E-state index is 11.0. The first-order chi connectivity index (χ1) is 8.32. The van der Waals surface area contributed by atoms with Gasteiger partial charge in [-0.3, -0.25) is 14.9 Å². The SMILES string of the molecule is CC(C)N(CC(N)=O)c1nc(N)ncc1[N+](=O)[O-]. The Morgan fingerprint density at radius 3 is 2.67 bits per heavy atom. The molecule has 9 nitrogen and oxygen atoms in total. The molecule has 0 atom stereocenters. The van der Waals surface area contributed by atoms with Crippen molar-refractivity contribution in [3.63, 3.8) is 0 Å². The summed E-state index contributed by atoms with van der Waals surface area (Å²) < 4.78 is 0. The van der Waals surface area contributed by atoms with Gasteiger partial charge < -0.3 is 16.4 Å². The third-order valence-electron chi connectivity index (χ3n) is 2.19. The Kier molecular flexibility index (Phi) is 3.97. The van der Waals surface area contributed by atoms with E-state index in [0.717, 1.165) is 6.20 Å². The van der Waals surface area contributed by atoms with Crippen LogP contribution < -0.4 is 16.4 Å². The summed E-state index contributed by atoms with van der Waals surface area (Å²) in [7, 11) is 0. The van der Waals surface area contributed by atoms with Crippen LogP contribution in [0.2, 0.25) is 0 Å². The normalized spacial score (nSPS) is 10.4. The average molecular weight is 254 g/mol. The summed E-state index contributed by atoms with van der Waals surface area (Å²) in [5, 5.41) is 10.9. The first-order valence-electron chi connectivity index (χ1n) is 5.14. The number of primary amides is 1. The number of nitrogens with two attached hydrogens (primary N) is 2. The minimum absolute atomic E-state index is 0.0127. The van der Waals surface area contributed by atoms with Crippen molar-refractivity contribution in [1.29, 1.82) is 0 Å². The molecule has 9 heteroatoms. The highest BCUT2D eigenvalue weighted by molar-refractivity contribution is 5.80. The van der Waals surface area contributed by atoms with E-state index in [4.69, 9.17) is 11.5 Å². The van der Waals surface area contributed by atoms with Crippen molar-refractivity contribution in [2.45, 2.75) is 19.9 Å². The summed E-state index contributed by atoms with van der Waals surface area (Å²) in [6, 6.07) is -0.203. The van der Waals surface area contributed by atoms with Gasteiger partial charge in [-0.25, -0.2) is 4.98 Å². The van der Waals surface area contributed by atoms with Gasteiger partial charge in [0, 0.05) is 6.04 Å². The van der Waals surface area contributed by atoms with Crippen LogP contribution in [0.1, 0.15) is 13.8 Å². The Hall–Kier alpha value is -2.45. The van der Waals surface area contributed by atoms with Crippen LogP contribution in [0.3, 0.4) is 0 Å². The Morgan fingerprint density at radius 1 is 1.61 bits per heavy atom. The van der Waals surface area contributed by atoms with Gasteiger partial charge in [-0.1, -0.05) is 0 Å². The van der Waals surface area contributed by atoms with Gasteiger partial charge >= 0.3 is 5.69 Å². The first-order valence-corrected chi connectivity index (χ1v) is 5.14. The molecule has 1 aromatic heterocycles. The number of nitrogen functional groups attached to an aromatic ring is 1. The number of carbonyl (C=O) groups excluding carboxylic acids is 1. The number of hydrogen-bond donors (Lipinski definition) is 2. The molecule has 1 aromatic rings. The number of nitro groups is 1. The summed E-state index contributed by atoms with van der Waals surface area (Å²) in [6.07, 6.45) is 1.01. The second-order valence-electron chi connectivity index (χ2n) is 3.88. The van der Waals surface area contributed by atoms with Crippen LogP contribution in [0.5, 0.6) is 0 Å². The number of carbonyl (C=O) groups is 1. The van der Waals surface area contributed by atoms with Crippen molar-refractivity contribution in [2.75, 3.05) is 17.2 Å². The van der Waals surface area contributed by atoms with E-state index in [0.29, 0.717) is 0 Å². The van der Waals surface area contributed by atoms with E-state index in [9.17, 15) is 14.9 Å². The third kappa shape index (κ3) is 3.03. The minimum Gasteiger partial charge on any atom is -0.368 e. The van der Waals surface area contributed by atoms with Gasteiger partial charge in [-0.15, -0.1) is 0 Å². The number of hydrogen-bond acceptors (Lipinski definition) is 7. The fourth-order valence-electron chi connectivity index (χ4n) is 1.39. The Labute approximate surface area is 103 Å². The van der Waals surface area contributed by atoms with E-state index < -0.39 is 10.8 Å². The highest BCUT2D eigenvalue weighted by Gasteiger charge is 2.25. The molecule has 1 heterocycles. The van der Waals surface area contributed by atoms with Crippen LogP contribution in [0.25, 0.3) is 0 Å². The maximum absolute atomic E-state index is 11.0. The molecule has 4 N–H and O–H groups in total. The molecule has 0 saturated heterocycles. The zero-order valence-electron chi connectivity index (χ0n) is 10.0. The predicted octanol–water partition coefficient (Wildman–Crippen LogP) is -0.333. The van der Waals surface area contributed by atoms with E-state index >= 15 is 0 Å². The lowest BCUT2D eigenvalue weighted by atomic mass is 10.3. The molecule has 1 rings (SSSR count). The summed E-state index contributed by atoms with van der Waals surface area (Å²) in [4.78, 5) is 30.0. The monoisotopic (exact) mass is 254 g/mol. The van der Waals surface area contributed by atoms with E-state index in [2.05, 4.69) is 9.97 Å². The zero-order valence-corrected chi connectivity index (χ0v) is 10.0. The van der Waals surface area contributed by atoms with Gasteiger partial charge in [0.2, 0.25) is 17.7 Å². The summed E-state index contributed by atoms with van der Waals surface area (Å²) in [5.41, 5.74) is 10.2. The lowest BCUT2D eigenvalue weighted by Gasteiger charge is -2.25. The standard InChI is InChI=1S/C9H14N6O3/c1-5(2)14(4-7(10)16)8-6(15(17)18)3-12-9(11)13-8/h3,5H,4H2,1-2H3,(H2,10,16)(H2,11,12,13). The number of amides is 1. The topological polar surface area (TPSA) is 141 Å². The molecule has 0 aromatic carbocycles. The highest BCUT2D eigenvalue weighted by atomic mass is 16.6. The molecule has 0 fully saturated rings. The first kappa shape index (κ1) is 13.6. The molecule has 0 bridgehead atoms. The molecular formula is C9H14N6O3. The smallest absolute Gasteiger partial charge is 0.329 e.